The molecule has 1 heterocycles. The number of benzene rings is 2. The minimum atomic E-state index is 0.151. The lowest BCUT2D eigenvalue weighted by Gasteiger charge is -2.24. The van der Waals surface area contributed by atoms with Crippen molar-refractivity contribution in [3.63, 3.8) is 0 Å². The van der Waals surface area contributed by atoms with Crippen molar-refractivity contribution < 1.29 is 4.42 Å². The SMILES string of the molecule is CN(C)[C@@H](CNc1oc(-c2ccccc2)nc1C#N)c1ccccc1. The number of aromatic nitrogens is 1. The maximum absolute atomic E-state index is 9.35. The average Bonchev–Trinajstić information content (AvgIpc) is 3.06. The van der Waals surface area contributed by atoms with Crippen LogP contribution in [0.1, 0.15) is 17.3 Å². The minimum absolute atomic E-state index is 0.151. The largest absolute Gasteiger partial charge is 0.419 e. The van der Waals surface area contributed by atoms with Gasteiger partial charge in [-0.25, -0.2) is 0 Å². The van der Waals surface area contributed by atoms with Gasteiger partial charge in [-0.1, -0.05) is 48.5 Å². The van der Waals surface area contributed by atoms with Gasteiger partial charge in [0.25, 0.3) is 0 Å². The normalized spacial score (nSPS) is 11.9. The van der Waals surface area contributed by atoms with Gasteiger partial charge >= 0.3 is 0 Å². The Hall–Kier alpha value is -3.10. The standard InChI is InChI=1S/C20H20N4O/c1-24(2)18(15-9-5-3-6-10-15)14-22-20-17(13-21)23-19(25-20)16-11-7-4-8-12-16/h3-12,18,22H,14H2,1-2H3/t18-/m0/s1. The Morgan fingerprint density at radius 3 is 2.32 bits per heavy atom. The van der Waals surface area contributed by atoms with E-state index in [9.17, 15) is 5.26 Å². The summed E-state index contributed by atoms with van der Waals surface area (Å²) < 4.78 is 5.79. The molecule has 2 aromatic carbocycles. The Kier molecular flexibility index (Phi) is 5.12. The zero-order valence-electron chi connectivity index (χ0n) is 14.3. The van der Waals surface area contributed by atoms with Crippen molar-refractivity contribution in [1.82, 2.24) is 9.88 Å². The van der Waals surface area contributed by atoms with Crippen molar-refractivity contribution in [2.24, 2.45) is 0 Å². The number of nitrogens with one attached hydrogen (secondary N) is 1. The van der Waals surface area contributed by atoms with Gasteiger partial charge in [-0.05, 0) is 31.8 Å². The zero-order chi connectivity index (χ0) is 17.6. The Bertz CT molecular complexity index is 850. The van der Waals surface area contributed by atoms with E-state index < -0.39 is 0 Å². The Morgan fingerprint density at radius 2 is 1.72 bits per heavy atom. The molecule has 0 fully saturated rings. The van der Waals surface area contributed by atoms with Crippen LogP contribution in [0.2, 0.25) is 0 Å². The van der Waals surface area contributed by atoms with Gasteiger partial charge in [0.2, 0.25) is 17.5 Å². The molecule has 3 rings (SSSR count). The second kappa shape index (κ2) is 7.65. The van der Waals surface area contributed by atoms with Crippen LogP contribution in [0.5, 0.6) is 0 Å². The van der Waals surface area contributed by atoms with Crippen molar-refractivity contribution in [2.45, 2.75) is 6.04 Å². The average molecular weight is 332 g/mol. The van der Waals surface area contributed by atoms with Gasteiger partial charge in [0.15, 0.2) is 0 Å². The predicted octanol–water partition coefficient (Wildman–Crippen LogP) is 3.93. The van der Waals surface area contributed by atoms with Crippen molar-refractivity contribution in [1.29, 1.82) is 5.26 Å². The molecule has 0 aliphatic carbocycles. The van der Waals surface area contributed by atoms with E-state index in [1.165, 1.54) is 5.56 Å². The number of nitriles is 1. The maximum Gasteiger partial charge on any atom is 0.232 e. The molecule has 1 N–H and O–H groups in total. The summed E-state index contributed by atoms with van der Waals surface area (Å²) in [6.45, 7) is 0.606. The quantitative estimate of drug-likeness (QED) is 0.741. The van der Waals surface area contributed by atoms with E-state index in [0.717, 1.165) is 5.56 Å². The smallest absolute Gasteiger partial charge is 0.232 e. The molecular formula is C20H20N4O. The van der Waals surface area contributed by atoms with Gasteiger partial charge in [-0.3, -0.25) is 0 Å². The lowest BCUT2D eigenvalue weighted by atomic mass is 10.1. The van der Waals surface area contributed by atoms with Gasteiger partial charge in [0, 0.05) is 12.1 Å². The van der Waals surface area contributed by atoms with Crippen molar-refractivity contribution >= 4 is 5.88 Å². The molecule has 0 aliphatic rings. The second-order valence-electron chi connectivity index (χ2n) is 5.95. The fourth-order valence-electron chi connectivity index (χ4n) is 2.68. The summed E-state index contributed by atoms with van der Waals surface area (Å²) in [7, 11) is 4.06. The number of hydrogen-bond acceptors (Lipinski definition) is 5. The first-order valence-electron chi connectivity index (χ1n) is 8.10. The van der Waals surface area contributed by atoms with Crippen molar-refractivity contribution in [3.05, 3.63) is 71.9 Å². The summed E-state index contributed by atoms with van der Waals surface area (Å²) >= 11 is 0. The molecular weight excluding hydrogens is 312 g/mol. The van der Waals surface area contributed by atoms with Gasteiger partial charge in [0.05, 0.1) is 6.04 Å². The summed E-state index contributed by atoms with van der Waals surface area (Å²) in [5.41, 5.74) is 2.31. The van der Waals surface area contributed by atoms with Crippen molar-refractivity contribution in [3.8, 4) is 17.5 Å². The van der Waals surface area contributed by atoms with Crippen LogP contribution >= 0.6 is 0 Å². The van der Waals surface area contributed by atoms with E-state index in [1.807, 2.05) is 62.6 Å². The summed E-state index contributed by atoms with van der Waals surface area (Å²) in [5.74, 6) is 0.852. The van der Waals surface area contributed by atoms with Gasteiger partial charge < -0.3 is 14.6 Å². The van der Waals surface area contributed by atoms with Crippen LogP contribution in [0.4, 0.5) is 5.88 Å². The van der Waals surface area contributed by atoms with E-state index >= 15 is 0 Å². The third-order valence-corrected chi connectivity index (χ3v) is 4.02. The fourth-order valence-corrected chi connectivity index (χ4v) is 2.68. The maximum atomic E-state index is 9.35. The van der Waals surface area contributed by atoms with Crippen molar-refractivity contribution in [2.75, 3.05) is 26.0 Å². The van der Waals surface area contributed by atoms with Crippen LogP contribution in [-0.4, -0.2) is 30.5 Å². The third-order valence-electron chi connectivity index (χ3n) is 4.02. The summed E-state index contributed by atoms with van der Waals surface area (Å²) in [6, 6.07) is 22.0. The molecule has 1 atom stereocenters. The molecule has 0 spiro atoms. The number of oxazole rings is 1. The molecule has 0 bridgehead atoms. The minimum Gasteiger partial charge on any atom is -0.419 e. The monoisotopic (exact) mass is 332 g/mol. The number of nitrogens with zero attached hydrogens (tertiary/aromatic N) is 3. The first-order valence-corrected chi connectivity index (χ1v) is 8.10. The van der Waals surface area contributed by atoms with Gasteiger partial charge in [0.1, 0.15) is 6.07 Å². The summed E-state index contributed by atoms with van der Waals surface area (Å²) in [4.78, 5) is 6.42. The molecule has 5 nitrogen and oxygen atoms in total. The Morgan fingerprint density at radius 1 is 1.08 bits per heavy atom. The van der Waals surface area contributed by atoms with Crippen LogP contribution < -0.4 is 5.32 Å². The Labute approximate surface area is 147 Å². The third kappa shape index (κ3) is 3.87. The highest BCUT2D eigenvalue weighted by Gasteiger charge is 2.18. The summed E-state index contributed by atoms with van der Waals surface area (Å²) in [5, 5.41) is 12.6. The molecule has 0 radical (unpaired) electrons. The van der Waals surface area contributed by atoms with E-state index in [2.05, 4.69) is 33.4 Å². The molecule has 5 heteroatoms. The van der Waals surface area contributed by atoms with E-state index in [0.29, 0.717) is 18.3 Å². The predicted molar refractivity (Wildman–Crippen MR) is 98.0 cm³/mol. The molecule has 0 amide bonds. The fraction of sp³-hybridized carbons (Fsp3) is 0.200. The molecule has 3 aromatic rings. The van der Waals surface area contributed by atoms with Crippen LogP contribution in [0.3, 0.4) is 0 Å². The highest BCUT2D eigenvalue weighted by atomic mass is 16.4. The van der Waals surface area contributed by atoms with E-state index in [-0.39, 0.29) is 11.7 Å². The lowest BCUT2D eigenvalue weighted by molar-refractivity contribution is 0.310. The molecule has 126 valence electrons. The molecule has 0 aliphatic heterocycles. The number of anilines is 1. The van der Waals surface area contributed by atoms with Crippen LogP contribution in [0.25, 0.3) is 11.5 Å². The Balaban J connectivity index is 1.80. The number of likely N-dealkylation sites (N-methyl/N-ethyl adjacent to an activating group) is 1. The zero-order valence-corrected chi connectivity index (χ0v) is 14.3. The molecule has 25 heavy (non-hydrogen) atoms. The van der Waals surface area contributed by atoms with E-state index in [1.54, 1.807) is 0 Å². The molecule has 1 aromatic heterocycles. The second-order valence-corrected chi connectivity index (χ2v) is 5.95. The van der Waals surface area contributed by atoms with Gasteiger partial charge in [-0.15, -0.1) is 0 Å². The summed E-state index contributed by atoms with van der Waals surface area (Å²) in [6.07, 6.45) is 0. The number of rotatable bonds is 6. The topological polar surface area (TPSA) is 65.1 Å². The first-order chi connectivity index (χ1) is 12.2. The molecule has 0 unspecified atom stereocenters. The number of hydrogen-bond donors (Lipinski definition) is 1. The first kappa shape index (κ1) is 16.7. The molecule has 0 saturated heterocycles. The molecule has 0 saturated carbocycles. The van der Waals surface area contributed by atoms with Gasteiger partial charge in [-0.2, -0.15) is 10.2 Å². The van der Waals surface area contributed by atoms with Crippen LogP contribution in [0.15, 0.2) is 65.1 Å². The van der Waals surface area contributed by atoms with Crippen LogP contribution in [-0.2, 0) is 0 Å². The van der Waals surface area contributed by atoms with Crippen LogP contribution in [0, 0.1) is 11.3 Å². The van der Waals surface area contributed by atoms with E-state index in [4.69, 9.17) is 4.42 Å². The highest BCUT2D eigenvalue weighted by Crippen LogP contribution is 2.26. The lowest BCUT2D eigenvalue weighted by Crippen LogP contribution is -2.26. The highest BCUT2D eigenvalue weighted by molar-refractivity contribution is 5.58.